The SMILES string of the molecule is CCC1C=CC([B]OC(C)(C)C(C)(C)P)=CN1CCOCOC. The van der Waals surface area contributed by atoms with E-state index in [0.717, 1.165) is 18.4 Å². The summed E-state index contributed by atoms with van der Waals surface area (Å²) in [7, 11) is 6.35. The first kappa shape index (κ1) is 20.7. The Morgan fingerprint density at radius 1 is 1.30 bits per heavy atom. The molecular weight excluding hydrogens is 308 g/mol. The van der Waals surface area contributed by atoms with Crippen LogP contribution in [0.3, 0.4) is 0 Å². The summed E-state index contributed by atoms with van der Waals surface area (Å²) in [6, 6.07) is 0.407. The lowest BCUT2D eigenvalue weighted by atomic mass is 9.82. The van der Waals surface area contributed by atoms with Crippen LogP contribution in [0.5, 0.6) is 0 Å². The van der Waals surface area contributed by atoms with E-state index < -0.39 is 0 Å². The van der Waals surface area contributed by atoms with E-state index in [4.69, 9.17) is 14.1 Å². The van der Waals surface area contributed by atoms with Gasteiger partial charge >= 0.3 is 7.48 Å². The van der Waals surface area contributed by atoms with Crippen molar-refractivity contribution in [2.24, 2.45) is 0 Å². The Labute approximate surface area is 145 Å². The molecule has 6 heteroatoms. The van der Waals surface area contributed by atoms with Gasteiger partial charge < -0.3 is 19.0 Å². The molecule has 0 aromatic rings. The molecular formula is C17H32BNO3P. The highest BCUT2D eigenvalue weighted by atomic mass is 31.0. The minimum Gasteiger partial charge on any atom is -0.429 e. The second kappa shape index (κ2) is 9.22. The molecule has 0 aromatic carbocycles. The third-order valence-corrected chi connectivity index (χ3v) is 5.10. The average molecular weight is 340 g/mol. The fourth-order valence-electron chi connectivity index (χ4n) is 2.01. The summed E-state index contributed by atoms with van der Waals surface area (Å²) in [5.41, 5.74) is 0.809. The zero-order valence-electron chi connectivity index (χ0n) is 15.5. The van der Waals surface area contributed by atoms with Crippen LogP contribution in [0.15, 0.2) is 23.8 Å². The van der Waals surface area contributed by atoms with Crippen molar-refractivity contribution in [1.82, 2.24) is 4.90 Å². The summed E-state index contributed by atoms with van der Waals surface area (Å²) < 4.78 is 16.4. The van der Waals surface area contributed by atoms with Gasteiger partial charge in [0, 0.05) is 24.9 Å². The third-order valence-electron chi connectivity index (χ3n) is 4.41. The van der Waals surface area contributed by atoms with E-state index in [-0.39, 0.29) is 10.8 Å². The number of nitrogens with zero attached hydrogens (tertiary/aromatic N) is 1. The molecule has 0 aliphatic carbocycles. The van der Waals surface area contributed by atoms with Crippen LogP contribution in [0.25, 0.3) is 0 Å². The van der Waals surface area contributed by atoms with Crippen molar-refractivity contribution >= 4 is 16.7 Å². The Kier molecular flexibility index (Phi) is 8.30. The summed E-state index contributed by atoms with van der Waals surface area (Å²) >= 11 is 0. The minimum absolute atomic E-state index is 0.0118. The highest BCUT2D eigenvalue weighted by molar-refractivity contribution is 7.19. The maximum absolute atomic E-state index is 6.05. The van der Waals surface area contributed by atoms with Crippen molar-refractivity contribution in [3.63, 3.8) is 0 Å². The van der Waals surface area contributed by atoms with E-state index >= 15 is 0 Å². The molecule has 2 unspecified atom stereocenters. The fraction of sp³-hybridized carbons (Fsp3) is 0.765. The molecule has 0 amide bonds. The normalized spacial score (nSPS) is 19.0. The molecule has 131 valence electrons. The minimum atomic E-state index is -0.264. The van der Waals surface area contributed by atoms with E-state index in [1.54, 1.807) is 7.11 Å². The summed E-state index contributed by atoms with van der Waals surface area (Å²) in [4.78, 5) is 2.30. The molecule has 0 saturated carbocycles. The van der Waals surface area contributed by atoms with E-state index in [1.165, 1.54) is 0 Å². The highest BCUT2D eigenvalue weighted by Gasteiger charge is 2.34. The van der Waals surface area contributed by atoms with Gasteiger partial charge in [-0.1, -0.05) is 32.9 Å². The number of allylic oxidation sites excluding steroid dienone is 2. The average Bonchev–Trinajstić information content (AvgIpc) is 2.48. The molecule has 23 heavy (non-hydrogen) atoms. The predicted molar refractivity (Wildman–Crippen MR) is 101 cm³/mol. The first-order chi connectivity index (χ1) is 10.7. The Bertz CT molecular complexity index is 419. The molecule has 1 heterocycles. The molecule has 1 aliphatic heterocycles. The quantitative estimate of drug-likeness (QED) is 0.265. The van der Waals surface area contributed by atoms with Crippen molar-refractivity contribution < 1.29 is 14.1 Å². The molecule has 0 N–H and O–H groups in total. The second-order valence-corrected chi connectivity index (χ2v) is 8.43. The van der Waals surface area contributed by atoms with Crippen LogP contribution in [-0.4, -0.2) is 56.2 Å². The Balaban J connectivity index is 2.61. The Hall–Kier alpha value is -0.345. The molecule has 0 saturated heterocycles. The highest BCUT2D eigenvalue weighted by Crippen LogP contribution is 2.33. The Morgan fingerprint density at radius 3 is 2.57 bits per heavy atom. The first-order valence-corrected chi connectivity index (χ1v) is 8.81. The summed E-state index contributed by atoms with van der Waals surface area (Å²) in [5.74, 6) is 0. The van der Waals surface area contributed by atoms with Crippen molar-refractivity contribution in [3.8, 4) is 0 Å². The lowest BCUT2D eigenvalue weighted by Gasteiger charge is -2.39. The number of hydrogen-bond donors (Lipinski definition) is 0. The lowest BCUT2D eigenvalue weighted by molar-refractivity contribution is -0.0352. The summed E-state index contributed by atoms with van der Waals surface area (Å²) in [5, 5.41) is -0.0118. The number of hydrogen-bond acceptors (Lipinski definition) is 4. The Morgan fingerprint density at radius 2 is 2.00 bits per heavy atom. The zero-order valence-corrected chi connectivity index (χ0v) is 16.6. The molecule has 2 atom stereocenters. The smallest absolute Gasteiger partial charge is 0.332 e. The predicted octanol–water partition coefficient (Wildman–Crippen LogP) is 3.17. The van der Waals surface area contributed by atoms with Gasteiger partial charge in [0.05, 0.1) is 12.2 Å². The van der Waals surface area contributed by atoms with Crippen molar-refractivity contribution in [2.75, 3.05) is 27.1 Å². The van der Waals surface area contributed by atoms with Crippen LogP contribution in [0.2, 0.25) is 0 Å². The van der Waals surface area contributed by atoms with E-state index in [9.17, 15) is 0 Å². The van der Waals surface area contributed by atoms with Crippen molar-refractivity contribution in [2.45, 2.75) is 57.8 Å². The molecule has 4 nitrogen and oxygen atoms in total. The molecule has 0 bridgehead atoms. The molecule has 1 aliphatic rings. The van der Waals surface area contributed by atoms with Gasteiger partial charge in [-0.15, -0.1) is 9.24 Å². The maximum Gasteiger partial charge on any atom is 0.332 e. The number of ether oxygens (including phenoxy) is 2. The lowest BCUT2D eigenvalue weighted by Crippen LogP contribution is -2.44. The van der Waals surface area contributed by atoms with Crippen LogP contribution in [-0.2, 0) is 14.1 Å². The standard InChI is InChI=1S/C17H32BNO3P/c1-7-15-9-8-14(12-19(15)10-11-21-13-20-6)18-22-16(2,3)17(4,5)23/h8-9,12,15H,7,10-11,13,23H2,1-6H3. The summed E-state index contributed by atoms with van der Waals surface area (Å²) in [6.45, 7) is 12.5. The first-order valence-electron chi connectivity index (χ1n) is 8.23. The van der Waals surface area contributed by atoms with Gasteiger partial charge in [-0.25, -0.2) is 0 Å². The van der Waals surface area contributed by atoms with Crippen LogP contribution < -0.4 is 0 Å². The zero-order chi connectivity index (χ0) is 17.5. The van der Waals surface area contributed by atoms with Gasteiger partial charge in [-0.3, -0.25) is 0 Å². The summed E-state index contributed by atoms with van der Waals surface area (Å²) in [6.07, 6.45) is 7.57. The van der Waals surface area contributed by atoms with Gasteiger partial charge in [-0.2, -0.15) is 0 Å². The van der Waals surface area contributed by atoms with Gasteiger partial charge in [0.2, 0.25) is 0 Å². The van der Waals surface area contributed by atoms with Crippen molar-refractivity contribution in [3.05, 3.63) is 23.8 Å². The van der Waals surface area contributed by atoms with Gasteiger partial charge in [-0.05, 0) is 31.9 Å². The number of methoxy groups -OCH3 is 1. The second-order valence-electron chi connectivity index (χ2n) is 6.98. The molecule has 0 spiro atoms. The van der Waals surface area contributed by atoms with Gasteiger partial charge in [0.15, 0.2) is 0 Å². The van der Waals surface area contributed by atoms with Crippen LogP contribution in [0, 0.1) is 0 Å². The van der Waals surface area contributed by atoms with Crippen LogP contribution in [0.4, 0.5) is 0 Å². The molecule has 0 fully saturated rings. The van der Waals surface area contributed by atoms with Gasteiger partial charge in [0.1, 0.15) is 6.79 Å². The van der Waals surface area contributed by atoms with Crippen LogP contribution in [0.1, 0.15) is 41.0 Å². The topological polar surface area (TPSA) is 30.9 Å². The molecule has 1 rings (SSSR count). The monoisotopic (exact) mass is 340 g/mol. The molecule has 0 aromatic heterocycles. The number of rotatable bonds is 10. The van der Waals surface area contributed by atoms with Gasteiger partial charge in [0.25, 0.3) is 0 Å². The van der Waals surface area contributed by atoms with E-state index in [2.05, 4.69) is 67.1 Å². The van der Waals surface area contributed by atoms with Crippen LogP contribution >= 0.6 is 9.24 Å². The third kappa shape index (κ3) is 6.58. The molecule has 1 radical (unpaired) electrons. The van der Waals surface area contributed by atoms with Crippen molar-refractivity contribution in [1.29, 1.82) is 0 Å². The van der Waals surface area contributed by atoms with E-state index in [1.807, 2.05) is 7.48 Å². The van der Waals surface area contributed by atoms with E-state index in [0.29, 0.717) is 19.4 Å². The fourth-order valence-corrected chi connectivity index (χ4v) is 2.08. The largest absolute Gasteiger partial charge is 0.429 e. The maximum atomic E-state index is 6.05.